The van der Waals surface area contributed by atoms with Crippen molar-refractivity contribution >= 4 is 0 Å². The van der Waals surface area contributed by atoms with Crippen molar-refractivity contribution in [2.75, 3.05) is 6.54 Å². The van der Waals surface area contributed by atoms with Gasteiger partial charge in [-0.05, 0) is 37.7 Å². The third-order valence-electron chi connectivity index (χ3n) is 3.94. The topological polar surface area (TPSA) is 49.7 Å². The van der Waals surface area contributed by atoms with Gasteiger partial charge in [-0.3, -0.25) is 0 Å². The Bertz CT molecular complexity index is 363. The predicted molar refractivity (Wildman–Crippen MR) is 82.0 cm³/mol. The van der Waals surface area contributed by atoms with Crippen LogP contribution in [0, 0.1) is 16.2 Å². The summed E-state index contributed by atoms with van der Waals surface area (Å²) in [5.41, 5.74) is 1.35. The van der Waals surface area contributed by atoms with E-state index in [1.165, 1.54) is 0 Å². The molecule has 0 aromatic rings. The van der Waals surface area contributed by atoms with Crippen LogP contribution in [0.3, 0.4) is 0 Å². The monoisotopic (exact) mass is 267 g/mol. The van der Waals surface area contributed by atoms with Gasteiger partial charge in [-0.15, -0.1) is 0 Å². The third kappa shape index (κ3) is 6.67. The maximum absolute atomic E-state index is 10.2. The van der Waals surface area contributed by atoms with Crippen LogP contribution in [0.1, 0.15) is 54.9 Å². The molecule has 0 spiro atoms. The largest absolute Gasteiger partial charge is 0.386 e. The number of nitroso groups, excluding NO2 is 1. The molecule has 0 aliphatic heterocycles. The number of rotatable bonds is 7. The average molecular weight is 267 g/mol. The minimum Gasteiger partial charge on any atom is -0.386 e. The first-order chi connectivity index (χ1) is 8.52. The zero-order valence-electron chi connectivity index (χ0n) is 13.4. The first-order valence-electron chi connectivity index (χ1n) is 6.92. The molecule has 3 nitrogen and oxygen atoms in total. The Kier molecular flexibility index (Phi) is 6.64. The van der Waals surface area contributed by atoms with E-state index in [9.17, 15) is 10.0 Å². The first kappa shape index (κ1) is 18.0. The second kappa shape index (κ2) is 6.99. The molecule has 0 amide bonds. The van der Waals surface area contributed by atoms with Crippen LogP contribution >= 0.6 is 0 Å². The lowest BCUT2D eigenvalue weighted by molar-refractivity contribution is 0.104. The molecule has 0 aromatic carbocycles. The quantitative estimate of drug-likeness (QED) is 0.546. The molecule has 19 heavy (non-hydrogen) atoms. The molecule has 0 aliphatic rings. The Balaban J connectivity index is 5.04. The van der Waals surface area contributed by atoms with E-state index in [-0.39, 0.29) is 12.0 Å². The van der Waals surface area contributed by atoms with Gasteiger partial charge in [-0.2, -0.15) is 4.91 Å². The number of hydrogen-bond acceptors (Lipinski definition) is 3. The van der Waals surface area contributed by atoms with Crippen molar-refractivity contribution in [2.24, 2.45) is 16.5 Å². The molecule has 110 valence electrons. The second-order valence-electron chi connectivity index (χ2n) is 6.59. The highest BCUT2D eigenvalue weighted by Crippen LogP contribution is 2.31. The molecule has 3 heteroatoms. The molecule has 0 bridgehead atoms. The number of allylic oxidation sites excluding steroid dienone is 3. The van der Waals surface area contributed by atoms with E-state index in [4.69, 9.17) is 0 Å². The summed E-state index contributed by atoms with van der Waals surface area (Å²) < 4.78 is 0. The Morgan fingerprint density at radius 2 is 1.63 bits per heavy atom. The van der Waals surface area contributed by atoms with Crippen LogP contribution in [0.25, 0.3) is 0 Å². The molecule has 0 saturated carbocycles. The van der Waals surface area contributed by atoms with Crippen molar-refractivity contribution in [1.82, 2.24) is 0 Å². The van der Waals surface area contributed by atoms with E-state index in [0.29, 0.717) is 12.3 Å². The van der Waals surface area contributed by atoms with Gasteiger partial charge in [0, 0.05) is 6.42 Å². The maximum Gasteiger partial charge on any atom is 0.0841 e. The Labute approximate surface area is 117 Å². The molecule has 0 radical (unpaired) electrons. The molecule has 0 rings (SSSR count). The van der Waals surface area contributed by atoms with Crippen LogP contribution in [-0.2, 0) is 0 Å². The second-order valence-corrected chi connectivity index (χ2v) is 6.59. The molecule has 0 aliphatic carbocycles. The molecule has 0 aromatic heterocycles. The Morgan fingerprint density at radius 1 is 1.16 bits per heavy atom. The van der Waals surface area contributed by atoms with Gasteiger partial charge in [0.05, 0.1) is 12.1 Å². The fourth-order valence-electron chi connectivity index (χ4n) is 1.76. The summed E-state index contributed by atoms with van der Waals surface area (Å²) in [5.74, 6) is 0.551. The summed E-state index contributed by atoms with van der Waals surface area (Å²) in [7, 11) is 0. The van der Waals surface area contributed by atoms with Gasteiger partial charge < -0.3 is 5.11 Å². The van der Waals surface area contributed by atoms with E-state index >= 15 is 0 Å². The molecule has 0 saturated heterocycles. The van der Waals surface area contributed by atoms with Crippen molar-refractivity contribution in [3.63, 3.8) is 0 Å². The standard InChI is InChI=1S/C16H29NO2/c1-12(2)15(5,6)10-13(3)14(4)11-16(7,18)8-9-17-19/h10-12,18H,8-9H2,1-7H3/b13-10-,14-11-. The highest BCUT2D eigenvalue weighted by atomic mass is 16.3. The molecule has 1 N–H and O–H groups in total. The van der Waals surface area contributed by atoms with Crippen LogP contribution in [0.4, 0.5) is 0 Å². The van der Waals surface area contributed by atoms with Crippen LogP contribution in [-0.4, -0.2) is 17.3 Å². The van der Waals surface area contributed by atoms with E-state index < -0.39 is 5.60 Å². The van der Waals surface area contributed by atoms with Gasteiger partial charge in [0.1, 0.15) is 0 Å². The highest BCUT2D eigenvalue weighted by molar-refractivity contribution is 5.31. The van der Waals surface area contributed by atoms with E-state index in [0.717, 1.165) is 11.1 Å². The Hall–Kier alpha value is -0.960. The summed E-state index contributed by atoms with van der Waals surface area (Å²) in [6.07, 6.45) is 4.42. The van der Waals surface area contributed by atoms with Crippen molar-refractivity contribution in [2.45, 2.75) is 60.5 Å². The normalized spacial score (nSPS) is 17.5. The molecule has 1 atom stereocenters. The Morgan fingerprint density at radius 3 is 2.05 bits per heavy atom. The highest BCUT2D eigenvalue weighted by Gasteiger charge is 2.21. The summed E-state index contributed by atoms with van der Waals surface area (Å²) in [5, 5.41) is 13.0. The molecular formula is C16H29NO2. The fraction of sp³-hybridized carbons (Fsp3) is 0.750. The van der Waals surface area contributed by atoms with E-state index in [1.807, 2.05) is 13.0 Å². The summed E-state index contributed by atoms with van der Waals surface area (Å²) in [4.78, 5) is 10.1. The van der Waals surface area contributed by atoms with Crippen LogP contribution < -0.4 is 0 Å². The minimum absolute atomic E-state index is 0.120. The number of hydrogen-bond donors (Lipinski definition) is 1. The van der Waals surface area contributed by atoms with Crippen molar-refractivity contribution in [3.8, 4) is 0 Å². The molecule has 0 fully saturated rings. The van der Waals surface area contributed by atoms with Gasteiger partial charge in [0.2, 0.25) is 0 Å². The van der Waals surface area contributed by atoms with Crippen molar-refractivity contribution in [3.05, 3.63) is 28.2 Å². The lowest BCUT2D eigenvalue weighted by Crippen LogP contribution is -2.23. The summed E-state index contributed by atoms with van der Waals surface area (Å²) >= 11 is 0. The lowest BCUT2D eigenvalue weighted by Gasteiger charge is -2.27. The zero-order chi connectivity index (χ0) is 15.3. The minimum atomic E-state index is -0.977. The van der Waals surface area contributed by atoms with Crippen LogP contribution in [0.2, 0.25) is 0 Å². The van der Waals surface area contributed by atoms with Gasteiger partial charge in [0.25, 0.3) is 0 Å². The van der Waals surface area contributed by atoms with Gasteiger partial charge in [-0.1, -0.05) is 50.6 Å². The van der Waals surface area contributed by atoms with E-state index in [1.54, 1.807) is 6.92 Å². The smallest absolute Gasteiger partial charge is 0.0841 e. The van der Waals surface area contributed by atoms with Gasteiger partial charge in [0.15, 0.2) is 0 Å². The SMILES string of the molecule is CC(=C/C(C)(O)CCN=O)/C(C)=C\C(C)(C)C(C)C. The average Bonchev–Trinajstić information content (AvgIpc) is 2.25. The van der Waals surface area contributed by atoms with Crippen molar-refractivity contribution < 1.29 is 5.11 Å². The number of nitrogens with zero attached hydrogens (tertiary/aromatic N) is 1. The lowest BCUT2D eigenvalue weighted by atomic mass is 9.79. The van der Waals surface area contributed by atoms with Crippen molar-refractivity contribution in [1.29, 1.82) is 0 Å². The zero-order valence-corrected chi connectivity index (χ0v) is 13.4. The first-order valence-corrected chi connectivity index (χ1v) is 6.92. The molecule has 1 unspecified atom stereocenters. The summed E-state index contributed by atoms with van der Waals surface area (Å²) in [6.45, 7) is 14.7. The molecule has 0 heterocycles. The third-order valence-corrected chi connectivity index (χ3v) is 3.94. The summed E-state index contributed by atoms with van der Waals surface area (Å²) in [6, 6.07) is 0. The van der Waals surface area contributed by atoms with Gasteiger partial charge in [-0.25, -0.2) is 0 Å². The van der Waals surface area contributed by atoms with Crippen LogP contribution in [0.15, 0.2) is 28.5 Å². The maximum atomic E-state index is 10.2. The van der Waals surface area contributed by atoms with Gasteiger partial charge >= 0.3 is 0 Å². The fourth-order valence-corrected chi connectivity index (χ4v) is 1.76. The number of aliphatic hydroxyl groups is 1. The molecular weight excluding hydrogens is 238 g/mol. The van der Waals surface area contributed by atoms with Crippen LogP contribution in [0.5, 0.6) is 0 Å². The predicted octanol–water partition coefficient (Wildman–Crippen LogP) is 4.47. The van der Waals surface area contributed by atoms with E-state index in [2.05, 4.69) is 45.9 Å².